The highest BCUT2D eigenvalue weighted by Crippen LogP contribution is 2.28. The van der Waals surface area contributed by atoms with E-state index in [1.54, 1.807) is 25.8 Å². The lowest BCUT2D eigenvalue weighted by Gasteiger charge is -2.33. The Morgan fingerprint density at radius 2 is 1.67 bits per heavy atom. The number of carbonyl (C=O) groups excluding carboxylic acids is 3. The summed E-state index contributed by atoms with van der Waals surface area (Å²) in [5, 5.41) is 3.46. The van der Waals surface area contributed by atoms with Crippen LogP contribution in [0.1, 0.15) is 39.0 Å². The van der Waals surface area contributed by atoms with Gasteiger partial charge in [0.1, 0.15) is 11.3 Å². The molecule has 2 rings (SSSR count). The van der Waals surface area contributed by atoms with Crippen molar-refractivity contribution in [3.05, 3.63) is 35.6 Å². The van der Waals surface area contributed by atoms with Crippen molar-refractivity contribution < 1.29 is 28.3 Å². The quantitative estimate of drug-likeness (QED) is 0.467. The van der Waals surface area contributed by atoms with Gasteiger partial charge in [-0.25, -0.2) is 9.59 Å². The van der Waals surface area contributed by atoms with Gasteiger partial charge in [-0.3, -0.25) is 9.69 Å². The number of furan rings is 1. The predicted octanol–water partition coefficient (Wildman–Crippen LogP) is 2.43. The first-order valence-electron chi connectivity index (χ1n) is 10.1. The maximum absolute atomic E-state index is 12.8. The van der Waals surface area contributed by atoms with Gasteiger partial charge in [-0.2, -0.15) is 0 Å². The predicted molar refractivity (Wildman–Crippen MR) is 112 cm³/mol. The van der Waals surface area contributed by atoms with E-state index in [0.29, 0.717) is 13.0 Å². The molecule has 164 valence electrons. The van der Waals surface area contributed by atoms with E-state index in [2.05, 4.69) is 5.32 Å². The standard InChI is InChI=1S/C22H30N2O6/c1-6-18-17(16-11-9-10-12-19(16)30-18)13-24(5)14-22(23-15(4)25,20(26)28-7-2)21(27)29-8-3/h9-12H,6-8,13-14H2,1-5H3,(H,23,25). The lowest BCUT2D eigenvalue weighted by atomic mass is 9.98. The van der Waals surface area contributed by atoms with Gasteiger partial charge in [0, 0.05) is 37.4 Å². The Kier molecular flexibility index (Phi) is 8.00. The van der Waals surface area contributed by atoms with E-state index in [0.717, 1.165) is 22.3 Å². The molecule has 0 atom stereocenters. The Hall–Kier alpha value is -2.87. The van der Waals surface area contributed by atoms with E-state index >= 15 is 0 Å². The molecule has 1 aromatic carbocycles. The van der Waals surface area contributed by atoms with E-state index in [1.807, 2.05) is 31.2 Å². The van der Waals surface area contributed by atoms with Gasteiger partial charge in [0.15, 0.2) is 0 Å². The number of esters is 2. The van der Waals surface area contributed by atoms with E-state index in [1.165, 1.54) is 6.92 Å². The van der Waals surface area contributed by atoms with Gasteiger partial charge in [-0.15, -0.1) is 0 Å². The number of para-hydroxylation sites is 1. The fourth-order valence-corrected chi connectivity index (χ4v) is 3.50. The van der Waals surface area contributed by atoms with Crippen LogP contribution in [-0.2, 0) is 36.8 Å². The summed E-state index contributed by atoms with van der Waals surface area (Å²) in [6.45, 7) is 6.93. The van der Waals surface area contributed by atoms with Crippen LogP contribution in [0.5, 0.6) is 0 Å². The van der Waals surface area contributed by atoms with Gasteiger partial charge < -0.3 is 19.2 Å². The average Bonchev–Trinajstić information content (AvgIpc) is 3.05. The van der Waals surface area contributed by atoms with Crippen molar-refractivity contribution in [2.45, 2.75) is 46.2 Å². The SMILES string of the molecule is CCOC(=O)C(CN(C)Cc1c(CC)oc2ccccc12)(NC(C)=O)C(=O)OCC. The molecular weight excluding hydrogens is 388 g/mol. The van der Waals surface area contributed by atoms with E-state index in [9.17, 15) is 14.4 Å². The molecule has 1 amide bonds. The van der Waals surface area contributed by atoms with Crippen molar-refractivity contribution in [3.8, 4) is 0 Å². The third-order valence-electron chi connectivity index (χ3n) is 4.68. The van der Waals surface area contributed by atoms with Gasteiger partial charge in [0.2, 0.25) is 11.4 Å². The summed E-state index contributed by atoms with van der Waals surface area (Å²) in [7, 11) is 1.76. The van der Waals surface area contributed by atoms with Gasteiger partial charge in [0.25, 0.3) is 0 Å². The molecule has 0 aliphatic rings. The molecule has 30 heavy (non-hydrogen) atoms. The van der Waals surface area contributed by atoms with Crippen LogP contribution in [0.15, 0.2) is 28.7 Å². The summed E-state index contributed by atoms with van der Waals surface area (Å²) >= 11 is 0. The van der Waals surface area contributed by atoms with Crippen molar-refractivity contribution in [1.82, 2.24) is 10.2 Å². The summed E-state index contributed by atoms with van der Waals surface area (Å²) < 4.78 is 16.2. The lowest BCUT2D eigenvalue weighted by molar-refractivity contribution is -0.169. The minimum atomic E-state index is -1.96. The molecular formula is C22H30N2O6. The molecule has 0 spiro atoms. The van der Waals surface area contributed by atoms with Crippen molar-refractivity contribution in [1.29, 1.82) is 0 Å². The van der Waals surface area contributed by atoms with E-state index < -0.39 is 23.4 Å². The van der Waals surface area contributed by atoms with Crippen molar-refractivity contribution in [2.75, 3.05) is 26.8 Å². The lowest BCUT2D eigenvalue weighted by Crippen LogP contribution is -2.66. The number of nitrogens with one attached hydrogen (secondary N) is 1. The molecule has 2 aromatic rings. The van der Waals surface area contributed by atoms with Gasteiger partial charge in [-0.05, 0) is 27.0 Å². The molecule has 1 heterocycles. The second-order valence-corrected chi connectivity index (χ2v) is 7.05. The van der Waals surface area contributed by atoms with Gasteiger partial charge in [0.05, 0.1) is 13.2 Å². The number of fused-ring (bicyclic) bond motifs is 1. The molecule has 0 saturated heterocycles. The molecule has 1 aromatic heterocycles. The number of carbonyl (C=O) groups is 3. The van der Waals surface area contributed by atoms with Crippen LogP contribution < -0.4 is 5.32 Å². The summed E-state index contributed by atoms with van der Waals surface area (Å²) in [6.07, 6.45) is 0.699. The first-order chi connectivity index (χ1) is 14.3. The second-order valence-electron chi connectivity index (χ2n) is 7.05. The Labute approximate surface area is 176 Å². The largest absolute Gasteiger partial charge is 0.464 e. The topological polar surface area (TPSA) is 98.1 Å². The summed E-state index contributed by atoms with van der Waals surface area (Å²) in [6, 6.07) is 7.71. The van der Waals surface area contributed by atoms with Gasteiger partial charge >= 0.3 is 11.9 Å². The Morgan fingerprint density at radius 3 is 2.20 bits per heavy atom. The second kappa shape index (κ2) is 10.2. The Balaban J connectivity index is 2.40. The third kappa shape index (κ3) is 4.99. The highest BCUT2D eigenvalue weighted by atomic mass is 16.6. The normalized spacial score (nSPS) is 11.5. The molecule has 0 radical (unpaired) electrons. The maximum Gasteiger partial charge on any atom is 0.345 e. The first-order valence-corrected chi connectivity index (χ1v) is 10.1. The summed E-state index contributed by atoms with van der Waals surface area (Å²) in [5.41, 5.74) is -0.208. The van der Waals surface area contributed by atoms with Crippen molar-refractivity contribution in [2.24, 2.45) is 0 Å². The third-order valence-corrected chi connectivity index (χ3v) is 4.68. The summed E-state index contributed by atoms with van der Waals surface area (Å²) in [5.74, 6) is -1.40. The van der Waals surface area contributed by atoms with Crippen LogP contribution in [0, 0.1) is 0 Å². The Bertz CT molecular complexity index is 886. The molecule has 0 unspecified atom stereocenters. The number of amides is 1. The number of rotatable bonds is 10. The van der Waals surface area contributed by atoms with Crippen LogP contribution in [0.3, 0.4) is 0 Å². The molecule has 8 nitrogen and oxygen atoms in total. The number of hydrogen-bond acceptors (Lipinski definition) is 7. The highest BCUT2D eigenvalue weighted by Gasteiger charge is 2.51. The summed E-state index contributed by atoms with van der Waals surface area (Å²) in [4.78, 5) is 39.3. The van der Waals surface area contributed by atoms with Crippen LogP contribution >= 0.6 is 0 Å². The molecule has 1 N–H and O–H groups in total. The fraction of sp³-hybridized carbons (Fsp3) is 0.500. The number of nitrogens with zero attached hydrogens (tertiary/aromatic N) is 1. The fourth-order valence-electron chi connectivity index (χ4n) is 3.50. The van der Waals surface area contributed by atoms with Crippen LogP contribution in [0.25, 0.3) is 11.0 Å². The van der Waals surface area contributed by atoms with Crippen LogP contribution in [0.4, 0.5) is 0 Å². The number of aryl methyl sites for hydroxylation is 1. The average molecular weight is 418 g/mol. The van der Waals surface area contributed by atoms with Crippen molar-refractivity contribution >= 4 is 28.8 Å². The zero-order valence-corrected chi connectivity index (χ0v) is 18.2. The smallest absolute Gasteiger partial charge is 0.345 e. The molecule has 0 fully saturated rings. The minimum absolute atomic E-state index is 0.0651. The number of ether oxygens (including phenoxy) is 2. The molecule has 0 aliphatic carbocycles. The van der Waals surface area contributed by atoms with Crippen LogP contribution in [0.2, 0.25) is 0 Å². The van der Waals surface area contributed by atoms with E-state index in [4.69, 9.17) is 13.9 Å². The molecule has 0 aliphatic heterocycles. The zero-order valence-electron chi connectivity index (χ0n) is 18.2. The monoisotopic (exact) mass is 418 g/mol. The highest BCUT2D eigenvalue weighted by molar-refractivity contribution is 6.08. The van der Waals surface area contributed by atoms with E-state index in [-0.39, 0.29) is 19.8 Å². The number of likely N-dealkylation sites (N-methyl/N-ethyl adjacent to an activating group) is 1. The van der Waals surface area contributed by atoms with Crippen molar-refractivity contribution in [3.63, 3.8) is 0 Å². The Morgan fingerprint density at radius 1 is 1.07 bits per heavy atom. The first kappa shape index (κ1) is 23.4. The molecule has 0 saturated carbocycles. The minimum Gasteiger partial charge on any atom is -0.464 e. The number of hydrogen-bond donors (Lipinski definition) is 1. The maximum atomic E-state index is 12.8. The van der Waals surface area contributed by atoms with Gasteiger partial charge in [-0.1, -0.05) is 25.1 Å². The molecule has 0 bridgehead atoms. The zero-order chi connectivity index (χ0) is 22.3. The molecule has 8 heteroatoms. The number of benzene rings is 1. The van der Waals surface area contributed by atoms with Crippen LogP contribution in [-0.4, -0.2) is 55.1 Å².